The lowest BCUT2D eigenvalue weighted by Crippen LogP contribution is -2.48. The van der Waals surface area contributed by atoms with Crippen molar-refractivity contribution in [1.29, 1.82) is 0 Å². The molecule has 0 bridgehead atoms. The number of rotatable bonds is 6. The summed E-state index contributed by atoms with van der Waals surface area (Å²) in [4.78, 5) is 29.2. The van der Waals surface area contributed by atoms with E-state index in [0.29, 0.717) is 19.4 Å². The van der Waals surface area contributed by atoms with Crippen molar-refractivity contribution in [2.45, 2.75) is 38.6 Å². The van der Waals surface area contributed by atoms with Crippen LogP contribution in [-0.2, 0) is 4.79 Å². The smallest absolute Gasteiger partial charge is 0.315 e. The predicted molar refractivity (Wildman–Crippen MR) is 85.9 cm³/mol. The topological polar surface area (TPSA) is 74.3 Å². The highest BCUT2D eigenvalue weighted by Gasteiger charge is 2.21. The highest BCUT2D eigenvalue weighted by Crippen LogP contribution is 2.17. The monoisotopic (exact) mass is 304 g/mol. The molecule has 0 radical (unpaired) electrons. The zero-order valence-electron chi connectivity index (χ0n) is 13.0. The van der Waals surface area contributed by atoms with Crippen LogP contribution in [0, 0.1) is 0 Å². The molecule has 1 aromatic rings. The lowest BCUT2D eigenvalue weighted by molar-refractivity contribution is -0.117. The number of aromatic nitrogens is 1. The summed E-state index contributed by atoms with van der Waals surface area (Å²) in [6.07, 6.45) is 4.84. The Hall–Kier alpha value is -2.11. The van der Waals surface area contributed by atoms with Crippen molar-refractivity contribution in [2.75, 3.05) is 24.5 Å². The van der Waals surface area contributed by atoms with Gasteiger partial charge in [-0.2, -0.15) is 0 Å². The van der Waals surface area contributed by atoms with E-state index in [1.165, 1.54) is 0 Å². The lowest BCUT2D eigenvalue weighted by atomic mass is 10.1. The summed E-state index contributed by atoms with van der Waals surface area (Å²) in [7, 11) is 0. The Morgan fingerprint density at radius 3 is 2.73 bits per heavy atom. The van der Waals surface area contributed by atoms with Gasteiger partial charge in [-0.05, 0) is 38.3 Å². The standard InChI is InChI=1S/C16H24N4O2/c1-13(21)5-4-10-18-16(22)19-14-7-11-20(12-8-14)15-6-2-3-9-17-15/h2-3,6,9,14H,4-5,7-8,10-12H2,1H3,(H2,18,19,22). The van der Waals surface area contributed by atoms with Crippen LogP contribution in [0.15, 0.2) is 24.4 Å². The van der Waals surface area contributed by atoms with Crippen molar-refractivity contribution in [3.05, 3.63) is 24.4 Å². The molecule has 0 spiro atoms. The van der Waals surface area contributed by atoms with E-state index < -0.39 is 0 Å². The van der Waals surface area contributed by atoms with Crippen LogP contribution in [0.5, 0.6) is 0 Å². The third-order valence-corrected chi connectivity index (χ3v) is 3.79. The van der Waals surface area contributed by atoms with E-state index in [4.69, 9.17) is 0 Å². The van der Waals surface area contributed by atoms with Crippen LogP contribution in [0.1, 0.15) is 32.6 Å². The van der Waals surface area contributed by atoms with Crippen LogP contribution in [0.25, 0.3) is 0 Å². The number of Topliss-reactive ketones (excluding diaryl/α,β-unsaturated/α-hetero) is 1. The maximum Gasteiger partial charge on any atom is 0.315 e. The second-order valence-corrected chi connectivity index (χ2v) is 5.66. The van der Waals surface area contributed by atoms with Crippen LogP contribution in [-0.4, -0.2) is 42.5 Å². The second kappa shape index (κ2) is 8.36. The average Bonchev–Trinajstić information content (AvgIpc) is 2.53. The number of piperidine rings is 1. The van der Waals surface area contributed by atoms with Crippen LogP contribution < -0.4 is 15.5 Å². The van der Waals surface area contributed by atoms with E-state index in [2.05, 4.69) is 20.5 Å². The number of nitrogens with zero attached hydrogens (tertiary/aromatic N) is 2. The van der Waals surface area contributed by atoms with Gasteiger partial charge in [0.15, 0.2) is 0 Å². The molecule has 2 N–H and O–H groups in total. The van der Waals surface area contributed by atoms with E-state index in [9.17, 15) is 9.59 Å². The normalized spacial score (nSPS) is 15.4. The molecule has 2 heterocycles. The minimum Gasteiger partial charge on any atom is -0.356 e. The number of ketones is 1. The fourth-order valence-electron chi connectivity index (χ4n) is 2.57. The van der Waals surface area contributed by atoms with Crippen molar-refractivity contribution < 1.29 is 9.59 Å². The number of nitrogens with one attached hydrogen (secondary N) is 2. The first-order valence-corrected chi connectivity index (χ1v) is 7.85. The third kappa shape index (κ3) is 5.35. The van der Waals surface area contributed by atoms with Crippen molar-refractivity contribution in [3.8, 4) is 0 Å². The van der Waals surface area contributed by atoms with Crippen molar-refractivity contribution in [1.82, 2.24) is 15.6 Å². The summed E-state index contributed by atoms with van der Waals surface area (Å²) in [6, 6.07) is 5.97. The van der Waals surface area contributed by atoms with Gasteiger partial charge in [0.1, 0.15) is 11.6 Å². The molecule has 1 saturated heterocycles. The number of carbonyl (C=O) groups excluding carboxylic acids is 2. The number of anilines is 1. The maximum atomic E-state index is 11.8. The van der Waals surface area contributed by atoms with Crippen molar-refractivity contribution >= 4 is 17.6 Å². The van der Waals surface area contributed by atoms with Crippen molar-refractivity contribution in [3.63, 3.8) is 0 Å². The van der Waals surface area contributed by atoms with E-state index >= 15 is 0 Å². The molecule has 2 rings (SSSR count). The van der Waals surface area contributed by atoms with E-state index in [1.54, 1.807) is 13.1 Å². The van der Waals surface area contributed by atoms with E-state index in [0.717, 1.165) is 31.7 Å². The molecule has 1 aromatic heterocycles. The second-order valence-electron chi connectivity index (χ2n) is 5.66. The summed E-state index contributed by atoms with van der Waals surface area (Å²) in [5, 5.41) is 5.80. The molecule has 0 unspecified atom stereocenters. The number of urea groups is 1. The largest absolute Gasteiger partial charge is 0.356 e. The molecule has 22 heavy (non-hydrogen) atoms. The molecule has 6 heteroatoms. The Bertz CT molecular complexity index is 484. The number of hydrogen-bond acceptors (Lipinski definition) is 4. The summed E-state index contributed by atoms with van der Waals surface area (Å²) in [6.45, 7) is 3.90. The molecule has 2 amide bonds. The first-order valence-electron chi connectivity index (χ1n) is 7.85. The molecular weight excluding hydrogens is 280 g/mol. The Morgan fingerprint density at radius 1 is 1.32 bits per heavy atom. The minimum absolute atomic E-state index is 0.139. The zero-order valence-corrected chi connectivity index (χ0v) is 13.0. The summed E-state index contributed by atoms with van der Waals surface area (Å²) < 4.78 is 0. The van der Waals surface area contributed by atoms with Gasteiger partial charge in [-0.15, -0.1) is 0 Å². The van der Waals surface area contributed by atoms with Gasteiger partial charge in [-0.25, -0.2) is 9.78 Å². The molecule has 0 aromatic carbocycles. The van der Waals surface area contributed by atoms with Gasteiger partial charge in [-0.1, -0.05) is 6.07 Å². The molecule has 1 aliphatic rings. The molecule has 0 aliphatic carbocycles. The van der Waals surface area contributed by atoms with Gasteiger partial charge >= 0.3 is 6.03 Å². The van der Waals surface area contributed by atoms with E-state index in [-0.39, 0.29) is 17.9 Å². The highest BCUT2D eigenvalue weighted by molar-refractivity contribution is 5.76. The molecule has 1 fully saturated rings. The zero-order chi connectivity index (χ0) is 15.8. The van der Waals surface area contributed by atoms with Crippen molar-refractivity contribution in [2.24, 2.45) is 0 Å². The maximum absolute atomic E-state index is 11.8. The SMILES string of the molecule is CC(=O)CCCNC(=O)NC1CCN(c2ccccn2)CC1. The van der Waals surface area contributed by atoms with Gasteiger partial charge in [0.2, 0.25) is 0 Å². The number of amides is 2. The Morgan fingerprint density at radius 2 is 2.09 bits per heavy atom. The molecule has 0 saturated carbocycles. The van der Waals surface area contributed by atoms with E-state index in [1.807, 2.05) is 18.2 Å². The van der Waals surface area contributed by atoms with Gasteiger partial charge in [0, 0.05) is 38.3 Å². The summed E-state index contributed by atoms with van der Waals surface area (Å²) in [5.74, 6) is 1.15. The third-order valence-electron chi connectivity index (χ3n) is 3.79. The summed E-state index contributed by atoms with van der Waals surface area (Å²) in [5.41, 5.74) is 0. The minimum atomic E-state index is -0.139. The Kier molecular flexibility index (Phi) is 6.18. The number of carbonyl (C=O) groups is 2. The molecule has 6 nitrogen and oxygen atoms in total. The average molecular weight is 304 g/mol. The van der Waals surface area contributed by atoms with Crippen LogP contribution >= 0.6 is 0 Å². The molecular formula is C16H24N4O2. The number of pyridine rings is 1. The van der Waals surface area contributed by atoms with Gasteiger partial charge in [0.25, 0.3) is 0 Å². The first kappa shape index (κ1) is 16.3. The van der Waals surface area contributed by atoms with Crippen LogP contribution in [0.3, 0.4) is 0 Å². The quantitative estimate of drug-likeness (QED) is 0.785. The fraction of sp³-hybridized carbons (Fsp3) is 0.562. The Labute approximate surface area is 131 Å². The molecule has 120 valence electrons. The molecule has 0 atom stereocenters. The van der Waals surface area contributed by atoms with Crippen LogP contribution in [0.2, 0.25) is 0 Å². The number of hydrogen-bond donors (Lipinski definition) is 2. The van der Waals surface area contributed by atoms with Crippen LogP contribution in [0.4, 0.5) is 10.6 Å². The predicted octanol–water partition coefficient (Wildman–Crippen LogP) is 1.72. The first-order chi connectivity index (χ1) is 10.6. The van der Waals surface area contributed by atoms with Gasteiger partial charge < -0.3 is 20.3 Å². The van der Waals surface area contributed by atoms with Gasteiger partial charge in [0.05, 0.1) is 0 Å². The highest BCUT2D eigenvalue weighted by atomic mass is 16.2. The Balaban J connectivity index is 1.64. The fourth-order valence-corrected chi connectivity index (χ4v) is 2.57. The summed E-state index contributed by atoms with van der Waals surface area (Å²) >= 11 is 0. The lowest BCUT2D eigenvalue weighted by Gasteiger charge is -2.33. The van der Waals surface area contributed by atoms with Gasteiger partial charge in [-0.3, -0.25) is 0 Å². The molecule has 1 aliphatic heterocycles.